The maximum absolute atomic E-state index is 11.9. The highest BCUT2D eigenvalue weighted by molar-refractivity contribution is 14.0. The number of halogens is 1. The minimum Gasteiger partial charge on any atom is -0.352 e. The summed E-state index contributed by atoms with van der Waals surface area (Å²) in [6.45, 7) is 9.68. The molecule has 32 heavy (non-hydrogen) atoms. The molecule has 7 heteroatoms. The zero-order valence-electron chi connectivity index (χ0n) is 19.4. The second-order valence-corrected chi connectivity index (χ2v) is 7.82. The van der Waals surface area contributed by atoms with Crippen LogP contribution in [0.2, 0.25) is 0 Å². The lowest BCUT2D eigenvalue weighted by Gasteiger charge is -2.21. The molecule has 1 aliphatic rings. The molecular formula is C25H36IN5O. The van der Waals surface area contributed by atoms with E-state index >= 15 is 0 Å². The number of hydrogen-bond acceptors (Lipinski definition) is 3. The van der Waals surface area contributed by atoms with Gasteiger partial charge in [0.2, 0.25) is 5.91 Å². The van der Waals surface area contributed by atoms with Crippen LogP contribution in [0.4, 0.5) is 5.69 Å². The third-order valence-corrected chi connectivity index (χ3v) is 5.86. The molecule has 1 amide bonds. The number of guanidine groups is 1. The Morgan fingerprint density at radius 3 is 2.25 bits per heavy atom. The largest absolute Gasteiger partial charge is 0.352 e. The quantitative estimate of drug-likeness (QED) is 0.281. The summed E-state index contributed by atoms with van der Waals surface area (Å²) in [6.07, 6.45) is 1.60. The van der Waals surface area contributed by atoms with E-state index in [9.17, 15) is 4.79 Å². The number of nitrogens with zero attached hydrogens (tertiary/aromatic N) is 3. The summed E-state index contributed by atoms with van der Waals surface area (Å²) in [5.74, 6) is 0.994. The summed E-state index contributed by atoms with van der Waals surface area (Å²) in [4.78, 5) is 20.6. The Balaban J connectivity index is 0.00000363. The number of anilines is 1. The summed E-state index contributed by atoms with van der Waals surface area (Å²) in [5.41, 5.74) is 4.78. The first kappa shape index (κ1) is 26.1. The van der Waals surface area contributed by atoms with Crippen molar-refractivity contribution in [3.05, 3.63) is 65.2 Å². The standard InChI is InChI=1S/C25H35N5O.HI/c1-4-29(5-2)19-22-10-7-6-9-21(22)18-28-25(26-3)27-17-20-12-14-23(15-13-20)30-16-8-11-24(30)31;/h6-7,9-10,12-15H,4-5,8,11,16-19H2,1-3H3,(H2,26,27,28);1H. The van der Waals surface area contributed by atoms with E-state index < -0.39 is 0 Å². The molecule has 2 aromatic carbocycles. The van der Waals surface area contributed by atoms with Crippen molar-refractivity contribution in [2.24, 2.45) is 4.99 Å². The van der Waals surface area contributed by atoms with Crippen molar-refractivity contribution in [2.45, 2.75) is 46.3 Å². The van der Waals surface area contributed by atoms with Gasteiger partial charge >= 0.3 is 0 Å². The third-order valence-electron chi connectivity index (χ3n) is 5.86. The first-order valence-electron chi connectivity index (χ1n) is 11.3. The van der Waals surface area contributed by atoms with Gasteiger partial charge in [0, 0.05) is 45.3 Å². The molecule has 0 radical (unpaired) electrons. The van der Waals surface area contributed by atoms with E-state index in [0.717, 1.165) is 56.4 Å². The van der Waals surface area contributed by atoms with Gasteiger partial charge in [0.25, 0.3) is 0 Å². The predicted molar refractivity (Wildman–Crippen MR) is 144 cm³/mol. The van der Waals surface area contributed by atoms with Crippen LogP contribution in [0.5, 0.6) is 0 Å². The van der Waals surface area contributed by atoms with Gasteiger partial charge in [-0.25, -0.2) is 0 Å². The SMILES string of the molecule is CCN(CC)Cc1ccccc1CNC(=NC)NCc1ccc(N2CCCC2=O)cc1.I. The smallest absolute Gasteiger partial charge is 0.227 e. The van der Waals surface area contributed by atoms with Crippen molar-refractivity contribution in [3.63, 3.8) is 0 Å². The van der Waals surface area contributed by atoms with Gasteiger partial charge in [-0.3, -0.25) is 14.7 Å². The second-order valence-electron chi connectivity index (χ2n) is 7.82. The highest BCUT2D eigenvalue weighted by Gasteiger charge is 2.21. The minimum absolute atomic E-state index is 0. The van der Waals surface area contributed by atoms with E-state index in [1.165, 1.54) is 11.1 Å². The topological polar surface area (TPSA) is 60.0 Å². The molecule has 0 spiro atoms. The first-order chi connectivity index (χ1) is 15.1. The molecule has 0 saturated carbocycles. The van der Waals surface area contributed by atoms with Crippen LogP contribution < -0.4 is 15.5 Å². The van der Waals surface area contributed by atoms with Crippen LogP contribution in [0.3, 0.4) is 0 Å². The van der Waals surface area contributed by atoms with Gasteiger partial charge in [-0.2, -0.15) is 0 Å². The fraction of sp³-hybridized carbons (Fsp3) is 0.440. The van der Waals surface area contributed by atoms with Crippen LogP contribution in [0, 0.1) is 0 Å². The highest BCUT2D eigenvalue weighted by atomic mass is 127. The number of aliphatic imine (C=N–C) groups is 1. The number of benzene rings is 2. The fourth-order valence-electron chi connectivity index (χ4n) is 3.87. The lowest BCUT2D eigenvalue weighted by Crippen LogP contribution is -2.36. The van der Waals surface area contributed by atoms with Crippen LogP contribution in [0.1, 0.15) is 43.4 Å². The maximum atomic E-state index is 11.9. The molecule has 6 nitrogen and oxygen atoms in total. The Labute approximate surface area is 209 Å². The molecule has 174 valence electrons. The molecule has 0 unspecified atom stereocenters. The molecule has 0 aliphatic carbocycles. The monoisotopic (exact) mass is 549 g/mol. The van der Waals surface area contributed by atoms with Crippen molar-refractivity contribution in [2.75, 3.05) is 31.6 Å². The average molecular weight is 550 g/mol. The molecule has 1 fully saturated rings. The molecule has 0 aromatic heterocycles. The van der Waals surface area contributed by atoms with E-state index in [1.807, 2.05) is 17.0 Å². The average Bonchev–Trinajstić information content (AvgIpc) is 3.24. The van der Waals surface area contributed by atoms with Crippen molar-refractivity contribution in [3.8, 4) is 0 Å². The lowest BCUT2D eigenvalue weighted by molar-refractivity contribution is -0.117. The Morgan fingerprint density at radius 2 is 1.66 bits per heavy atom. The Hall–Kier alpha value is -2.13. The zero-order chi connectivity index (χ0) is 22.1. The molecular weight excluding hydrogens is 513 g/mol. The summed E-state index contributed by atoms with van der Waals surface area (Å²) in [7, 11) is 1.79. The van der Waals surface area contributed by atoms with E-state index in [2.05, 4.69) is 70.8 Å². The molecule has 1 aliphatic heterocycles. The molecule has 0 atom stereocenters. The highest BCUT2D eigenvalue weighted by Crippen LogP contribution is 2.21. The van der Waals surface area contributed by atoms with E-state index in [-0.39, 0.29) is 29.9 Å². The first-order valence-corrected chi connectivity index (χ1v) is 11.3. The van der Waals surface area contributed by atoms with E-state index in [1.54, 1.807) is 7.05 Å². The van der Waals surface area contributed by atoms with Crippen LogP contribution in [0.15, 0.2) is 53.5 Å². The zero-order valence-corrected chi connectivity index (χ0v) is 21.8. The van der Waals surface area contributed by atoms with Crippen LogP contribution in [-0.2, 0) is 24.4 Å². The van der Waals surface area contributed by atoms with Gasteiger partial charge in [-0.1, -0.05) is 50.2 Å². The van der Waals surface area contributed by atoms with Gasteiger partial charge in [-0.05, 0) is 48.3 Å². The molecule has 1 saturated heterocycles. The summed E-state index contributed by atoms with van der Waals surface area (Å²) in [6, 6.07) is 16.8. The number of carbonyl (C=O) groups is 1. The maximum Gasteiger partial charge on any atom is 0.227 e. The van der Waals surface area contributed by atoms with E-state index in [0.29, 0.717) is 13.0 Å². The van der Waals surface area contributed by atoms with Gasteiger partial charge < -0.3 is 15.5 Å². The Morgan fingerprint density at radius 1 is 1.00 bits per heavy atom. The number of amides is 1. The van der Waals surface area contributed by atoms with Crippen molar-refractivity contribution in [1.82, 2.24) is 15.5 Å². The van der Waals surface area contributed by atoms with Crippen LogP contribution in [-0.4, -0.2) is 43.4 Å². The van der Waals surface area contributed by atoms with Gasteiger partial charge in [0.15, 0.2) is 5.96 Å². The van der Waals surface area contributed by atoms with Gasteiger partial charge in [0.1, 0.15) is 0 Å². The molecule has 2 N–H and O–H groups in total. The van der Waals surface area contributed by atoms with Crippen LogP contribution >= 0.6 is 24.0 Å². The van der Waals surface area contributed by atoms with Gasteiger partial charge in [-0.15, -0.1) is 24.0 Å². The normalized spacial score (nSPS) is 13.9. The Kier molecular flexibility index (Phi) is 11.0. The summed E-state index contributed by atoms with van der Waals surface area (Å²) >= 11 is 0. The van der Waals surface area contributed by atoms with Crippen LogP contribution in [0.25, 0.3) is 0 Å². The van der Waals surface area contributed by atoms with Crippen molar-refractivity contribution < 1.29 is 4.79 Å². The van der Waals surface area contributed by atoms with Gasteiger partial charge in [0.05, 0.1) is 0 Å². The summed E-state index contributed by atoms with van der Waals surface area (Å²) in [5, 5.41) is 6.82. The summed E-state index contributed by atoms with van der Waals surface area (Å²) < 4.78 is 0. The molecule has 2 aromatic rings. The molecule has 3 rings (SSSR count). The fourth-order valence-corrected chi connectivity index (χ4v) is 3.87. The number of rotatable bonds is 9. The number of nitrogens with one attached hydrogen (secondary N) is 2. The van der Waals surface area contributed by atoms with Crippen molar-refractivity contribution in [1.29, 1.82) is 0 Å². The van der Waals surface area contributed by atoms with Crippen molar-refractivity contribution >= 4 is 41.5 Å². The lowest BCUT2D eigenvalue weighted by atomic mass is 10.1. The second kappa shape index (κ2) is 13.4. The minimum atomic E-state index is 0. The van der Waals surface area contributed by atoms with E-state index in [4.69, 9.17) is 0 Å². The molecule has 1 heterocycles. The number of carbonyl (C=O) groups excluding carboxylic acids is 1. The molecule has 0 bridgehead atoms. The number of hydrogen-bond donors (Lipinski definition) is 2. The predicted octanol–water partition coefficient (Wildman–Crippen LogP) is 4.14. The third kappa shape index (κ3) is 7.20. The Bertz CT molecular complexity index is 880.